The van der Waals surface area contributed by atoms with Crippen molar-refractivity contribution in [2.24, 2.45) is 0 Å². The summed E-state index contributed by atoms with van der Waals surface area (Å²) in [7, 11) is -5.67. The van der Waals surface area contributed by atoms with Gasteiger partial charge >= 0.3 is 5.51 Å². The molecule has 0 bridgehead atoms. The van der Waals surface area contributed by atoms with Gasteiger partial charge in [-0.2, -0.15) is 17.5 Å². The average Bonchev–Trinajstić information content (AvgIpc) is 2.98. The van der Waals surface area contributed by atoms with Crippen LogP contribution in [0.25, 0.3) is 0 Å². The first kappa shape index (κ1) is 20.8. The zero-order chi connectivity index (χ0) is 20.5. The maximum Gasteiger partial charge on any atom is 0.501 e. The van der Waals surface area contributed by atoms with Gasteiger partial charge in [-0.25, -0.2) is 17.8 Å². The van der Waals surface area contributed by atoms with Crippen molar-refractivity contribution < 1.29 is 26.0 Å². The molecular formula is C16H18F4N4O2S2. The van der Waals surface area contributed by atoms with Gasteiger partial charge in [0, 0.05) is 44.1 Å². The van der Waals surface area contributed by atoms with Crippen molar-refractivity contribution in [2.75, 3.05) is 36.0 Å². The topological polar surface area (TPSA) is 66.4 Å². The van der Waals surface area contributed by atoms with Gasteiger partial charge in [0.1, 0.15) is 16.5 Å². The van der Waals surface area contributed by atoms with E-state index in [9.17, 15) is 26.0 Å². The molecule has 1 saturated heterocycles. The molecule has 0 N–H and O–H groups in total. The fourth-order valence-corrected chi connectivity index (χ4v) is 4.75. The number of alkyl halides is 3. The third-order valence-corrected chi connectivity index (χ3v) is 6.73. The van der Waals surface area contributed by atoms with Crippen LogP contribution in [0.3, 0.4) is 0 Å². The van der Waals surface area contributed by atoms with Crippen molar-refractivity contribution in [2.45, 2.75) is 30.2 Å². The highest BCUT2D eigenvalue weighted by molar-refractivity contribution is 7.92. The fraction of sp³-hybridized carbons (Fsp3) is 0.500. The first-order chi connectivity index (χ1) is 13.1. The standard InChI is InChI=1S/C16H18F4N4O2S2/c1-2-14-21-15(27-22-14)24-7-3-6-23(8-9-24)12-5-4-11(17)10-13(12)28(25,26)16(18,19)20/h4-5,10H,2-3,6-9H2,1H3. The maximum absolute atomic E-state index is 13.6. The molecule has 0 spiro atoms. The largest absolute Gasteiger partial charge is 0.501 e. The normalized spacial score (nSPS) is 16.3. The molecular weight excluding hydrogens is 420 g/mol. The number of anilines is 2. The van der Waals surface area contributed by atoms with E-state index in [1.54, 1.807) is 4.90 Å². The molecule has 0 radical (unpaired) electrons. The Morgan fingerprint density at radius 2 is 1.82 bits per heavy atom. The summed E-state index contributed by atoms with van der Waals surface area (Å²) >= 11 is 1.25. The molecule has 1 aliphatic heterocycles. The van der Waals surface area contributed by atoms with Crippen LogP contribution in [0.4, 0.5) is 28.4 Å². The van der Waals surface area contributed by atoms with Crippen LogP contribution in [-0.4, -0.2) is 49.5 Å². The van der Waals surface area contributed by atoms with Crippen LogP contribution in [0.15, 0.2) is 23.1 Å². The lowest BCUT2D eigenvalue weighted by atomic mass is 10.2. The van der Waals surface area contributed by atoms with Gasteiger partial charge in [-0.15, -0.1) is 0 Å². The number of nitrogens with zero attached hydrogens (tertiary/aromatic N) is 4. The molecule has 28 heavy (non-hydrogen) atoms. The first-order valence-corrected chi connectivity index (χ1v) is 10.8. The van der Waals surface area contributed by atoms with E-state index in [4.69, 9.17) is 0 Å². The second kappa shape index (κ2) is 7.82. The Balaban J connectivity index is 1.88. The van der Waals surface area contributed by atoms with E-state index in [1.165, 1.54) is 11.5 Å². The van der Waals surface area contributed by atoms with Crippen LogP contribution in [0.2, 0.25) is 0 Å². The van der Waals surface area contributed by atoms with Crippen molar-refractivity contribution in [1.82, 2.24) is 9.36 Å². The molecule has 0 unspecified atom stereocenters. The van der Waals surface area contributed by atoms with E-state index >= 15 is 0 Å². The van der Waals surface area contributed by atoms with Gasteiger partial charge in [-0.05, 0) is 24.6 Å². The van der Waals surface area contributed by atoms with Gasteiger partial charge in [0.2, 0.25) is 5.13 Å². The Kier molecular flexibility index (Phi) is 5.80. The third kappa shape index (κ3) is 4.07. The molecule has 0 atom stereocenters. The number of aromatic nitrogens is 2. The summed E-state index contributed by atoms with van der Waals surface area (Å²) in [5.74, 6) is -0.317. The van der Waals surface area contributed by atoms with Gasteiger partial charge < -0.3 is 9.80 Å². The minimum atomic E-state index is -5.67. The van der Waals surface area contributed by atoms with Gasteiger partial charge in [0.15, 0.2) is 0 Å². The predicted molar refractivity (Wildman–Crippen MR) is 98.0 cm³/mol. The maximum atomic E-state index is 13.6. The Labute approximate surface area is 163 Å². The van der Waals surface area contributed by atoms with Crippen molar-refractivity contribution in [1.29, 1.82) is 0 Å². The molecule has 3 rings (SSSR count). The highest BCUT2D eigenvalue weighted by Gasteiger charge is 2.48. The highest BCUT2D eigenvalue weighted by Crippen LogP contribution is 2.36. The van der Waals surface area contributed by atoms with Crippen molar-refractivity contribution in [3.8, 4) is 0 Å². The van der Waals surface area contributed by atoms with Crippen molar-refractivity contribution in [3.63, 3.8) is 0 Å². The fourth-order valence-electron chi connectivity index (χ4n) is 2.96. The lowest BCUT2D eigenvalue weighted by Gasteiger charge is -2.26. The van der Waals surface area contributed by atoms with Crippen molar-refractivity contribution in [3.05, 3.63) is 29.8 Å². The summed E-state index contributed by atoms with van der Waals surface area (Å²) in [5, 5.41) is 0.723. The van der Waals surface area contributed by atoms with Gasteiger partial charge in [0.05, 0.1) is 5.69 Å². The van der Waals surface area contributed by atoms with E-state index < -0.39 is 26.1 Å². The molecule has 1 aromatic carbocycles. The van der Waals surface area contributed by atoms with Crippen LogP contribution in [0.5, 0.6) is 0 Å². The number of sulfone groups is 1. The summed E-state index contributed by atoms with van der Waals surface area (Å²) in [5.41, 5.74) is -5.65. The number of aryl methyl sites for hydroxylation is 1. The van der Waals surface area contributed by atoms with Crippen LogP contribution in [0.1, 0.15) is 19.2 Å². The lowest BCUT2D eigenvalue weighted by molar-refractivity contribution is -0.0435. The smallest absolute Gasteiger partial charge is 0.369 e. The second-order valence-electron chi connectivity index (χ2n) is 6.24. The molecule has 154 valence electrons. The Morgan fingerprint density at radius 3 is 2.46 bits per heavy atom. The molecule has 2 heterocycles. The summed E-state index contributed by atoms with van der Waals surface area (Å²) in [6.07, 6.45) is 1.27. The molecule has 1 aromatic heterocycles. The minimum Gasteiger partial charge on any atom is -0.369 e. The monoisotopic (exact) mass is 438 g/mol. The Morgan fingerprint density at radius 1 is 1.14 bits per heavy atom. The lowest BCUT2D eigenvalue weighted by Crippen LogP contribution is -2.32. The number of rotatable bonds is 4. The van der Waals surface area contributed by atoms with E-state index in [-0.39, 0.29) is 12.2 Å². The first-order valence-electron chi connectivity index (χ1n) is 8.57. The molecule has 6 nitrogen and oxygen atoms in total. The number of benzene rings is 1. The predicted octanol–water partition coefficient (Wildman–Crippen LogP) is 3.25. The quantitative estimate of drug-likeness (QED) is 0.683. The Bertz CT molecular complexity index is 946. The van der Waals surface area contributed by atoms with E-state index in [0.717, 1.165) is 23.1 Å². The summed E-state index contributed by atoms with van der Waals surface area (Å²) in [6.45, 7) is 3.58. The number of hydrogen-bond acceptors (Lipinski definition) is 7. The van der Waals surface area contributed by atoms with Crippen LogP contribution in [0, 0.1) is 5.82 Å². The van der Waals surface area contributed by atoms with Crippen molar-refractivity contribution >= 4 is 32.2 Å². The highest BCUT2D eigenvalue weighted by atomic mass is 32.2. The van der Waals surface area contributed by atoms with E-state index in [2.05, 4.69) is 9.36 Å². The molecule has 12 heteroatoms. The SMILES string of the molecule is CCc1nsc(N2CCCN(c3ccc(F)cc3S(=O)(=O)C(F)(F)F)CC2)n1. The van der Waals surface area contributed by atoms with Gasteiger partial charge in [-0.3, -0.25) is 0 Å². The minimum absolute atomic E-state index is 0.146. The molecule has 0 saturated carbocycles. The average molecular weight is 438 g/mol. The molecule has 1 fully saturated rings. The molecule has 1 aliphatic rings. The van der Waals surface area contributed by atoms with E-state index in [0.29, 0.717) is 38.5 Å². The third-order valence-electron chi connectivity index (χ3n) is 4.40. The molecule has 2 aromatic rings. The second-order valence-corrected chi connectivity index (χ2v) is 8.88. The summed E-state index contributed by atoms with van der Waals surface area (Å²) in [6, 6.07) is 2.48. The van der Waals surface area contributed by atoms with Crippen LogP contribution < -0.4 is 9.80 Å². The molecule has 0 aliphatic carbocycles. The van der Waals surface area contributed by atoms with E-state index in [1.807, 2.05) is 11.8 Å². The summed E-state index contributed by atoms with van der Waals surface area (Å²) in [4.78, 5) is 6.87. The zero-order valence-electron chi connectivity index (χ0n) is 14.9. The van der Waals surface area contributed by atoms with Crippen LogP contribution >= 0.6 is 11.5 Å². The number of halogens is 4. The van der Waals surface area contributed by atoms with Gasteiger partial charge in [0.25, 0.3) is 9.84 Å². The number of hydrogen-bond donors (Lipinski definition) is 0. The zero-order valence-corrected chi connectivity index (χ0v) is 16.5. The molecule has 0 amide bonds. The van der Waals surface area contributed by atoms with Crippen LogP contribution in [-0.2, 0) is 16.3 Å². The van der Waals surface area contributed by atoms with Gasteiger partial charge in [-0.1, -0.05) is 6.92 Å². The Hall–Kier alpha value is -1.95. The summed E-state index contributed by atoms with van der Waals surface area (Å²) < 4.78 is 80.8.